The number of benzene rings is 1. The molecule has 1 fully saturated rings. The van der Waals surface area contributed by atoms with Crippen molar-refractivity contribution in [3.63, 3.8) is 0 Å². The van der Waals surface area contributed by atoms with Gasteiger partial charge in [0.1, 0.15) is 0 Å². The Bertz CT molecular complexity index is 359. The summed E-state index contributed by atoms with van der Waals surface area (Å²) in [5.41, 5.74) is 1.55. The van der Waals surface area contributed by atoms with Gasteiger partial charge in [0.15, 0.2) is 11.5 Å². The molecule has 1 saturated heterocycles. The van der Waals surface area contributed by atoms with Gasteiger partial charge in [-0.05, 0) is 17.7 Å². The molecule has 15 heavy (non-hydrogen) atoms. The zero-order chi connectivity index (χ0) is 10.9. The smallest absolute Gasteiger partial charge is 0.161 e. The lowest BCUT2D eigenvalue weighted by Crippen LogP contribution is -2.54. The fraction of sp³-hybridized carbons (Fsp3) is 0.500. The maximum absolute atomic E-state index is 5.30. The van der Waals surface area contributed by atoms with E-state index >= 15 is 0 Å². The van der Waals surface area contributed by atoms with Gasteiger partial charge in [-0.15, -0.1) is 0 Å². The molecule has 0 bridgehead atoms. The Morgan fingerprint density at radius 2 is 1.80 bits per heavy atom. The van der Waals surface area contributed by atoms with Crippen molar-refractivity contribution in [1.82, 2.24) is 5.32 Å². The van der Waals surface area contributed by atoms with E-state index in [1.165, 1.54) is 5.56 Å². The van der Waals surface area contributed by atoms with E-state index in [9.17, 15) is 0 Å². The molecule has 0 aromatic heterocycles. The second-order valence-electron chi connectivity index (χ2n) is 4.23. The molecular formula is C12H17NO2. The highest BCUT2D eigenvalue weighted by atomic mass is 16.5. The van der Waals surface area contributed by atoms with Gasteiger partial charge >= 0.3 is 0 Å². The molecule has 0 radical (unpaired) electrons. The fourth-order valence-electron chi connectivity index (χ4n) is 1.92. The monoisotopic (exact) mass is 207 g/mol. The van der Waals surface area contributed by atoms with Gasteiger partial charge in [0.25, 0.3) is 0 Å². The SMILES string of the molecule is COc1ccc(C2(C)CNC2)cc1OC. The molecule has 1 aliphatic rings. The summed E-state index contributed by atoms with van der Waals surface area (Å²) in [7, 11) is 3.33. The lowest BCUT2D eigenvalue weighted by molar-refractivity contribution is 0.302. The first-order valence-corrected chi connectivity index (χ1v) is 5.13. The van der Waals surface area contributed by atoms with Crippen molar-refractivity contribution in [2.24, 2.45) is 0 Å². The average Bonchev–Trinajstić information content (AvgIpc) is 2.25. The molecular weight excluding hydrogens is 190 g/mol. The number of nitrogens with one attached hydrogen (secondary N) is 1. The molecule has 1 aromatic rings. The highest BCUT2D eigenvalue weighted by Gasteiger charge is 2.33. The van der Waals surface area contributed by atoms with Gasteiger partial charge in [0.05, 0.1) is 14.2 Å². The van der Waals surface area contributed by atoms with E-state index in [4.69, 9.17) is 9.47 Å². The van der Waals surface area contributed by atoms with Crippen molar-refractivity contribution in [1.29, 1.82) is 0 Å². The number of hydrogen-bond donors (Lipinski definition) is 1. The quantitative estimate of drug-likeness (QED) is 0.816. The van der Waals surface area contributed by atoms with E-state index in [-0.39, 0.29) is 5.41 Å². The third-order valence-corrected chi connectivity index (χ3v) is 3.11. The van der Waals surface area contributed by atoms with Crippen molar-refractivity contribution in [2.75, 3.05) is 27.3 Å². The van der Waals surface area contributed by atoms with E-state index in [2.05, 4.69) is 24.4 Å². The van der Waals surface area contributed by atoms with Crippen LogP contribution in [0, 0.1) is 0 Å². The Morgan fingerprint density at radius 3 is 2.27 bits per heavy atom. The molecule has 3 heteroatoms. The zero-order valence-corrected chi connectivity index (χ0v) is 9.46. The van der Waals surface area contributed by atoms with E-state index < -0.39 is 0 Å². The predicted molar refractivity (Wildman–Crippen MR) is 59.8 cm³/mol. The predicted octanol–water partition coefficient (Wildman–Crippen LogP) is 1.56. The van der Waals surface area contributed by atoms with Crippen LogP contribution in [0.5, 0.6) is 11.5 Å². The van der Waals surface area contributed by atoms with E-state index in [1.54, 1.807) is 14.2 Å². The molecule has 1 aromatic carbocycles. The highest BCUT2D eigenvalue weighted by Crippen LogP contribution is 2.34. The molecule has 0 aliphatic carbocycles. The zero-order valence-electron chi connectivity index (χ0n) is 9.46. The van der Waals surface area contributed by atoms with Crippen molar-refractivity contribution >= 4 is 0 Å². The van der Waals surface area contributed by atoms with Gasteiger partial charge in [-0.25, -0.2) is 0 Å². The van der Waals surface area contributed by atoms with Gasteiger partial charge in [-0.2, -0.15) is 0 Å². The second-order valence-corrected chi connectivity index (χ2v) is 4.23. The van der Waals surface area contributed by atoms with Gasteiger partial charge in [-0.3, -0.25) is 0 Å². The van der Waals surface area contributed by atoms with Crippen LogP contribution < -0.4 is 14.8 Å². The molecule has 1 aliphatic heterocycles. The third-order valence-electron chi connectivity index (χ3n) is 3.11. The van der Waals surface area contributed by atoms with Crippen LogP contribution in [0.2, 0.25) is 0 Å². The van der Waals surface area contributed by atoms with Crippen molar-refractivity contribution in [3.8, 4) is 11.5 Å². The van der Waals surface area contributed by atoms with Crippen LogP contribution in [0.25, 0.3) is 0 Å². The first kappa shape index (κ1) is 10.3. The van der Waals surface area contributed by atoms with Crippen LogP contribution in [0.4, 0.5) is 0 Å². The maximum atomic E-state index is 5.30. The minimum atomic E-state index is 0.250. The summed E-state index contributed by atoms with van der Waals surface area (Å²) in [6.07, 6.45) is 0. The van der Waals surface area contributed by atoms with Crippen LogP contribution in [-0.4, -0.2) is 27.3 Å². The normalized spacial score (nSPS) is 18.1. The molecule has 2 rings (SSSR count). The Morgan fingerprint density at radius 1 is 1.13 bits per heavy atom. The summed E-state index contributed by atoms with van der Waals surface area (Å²) in [6, 6.07) is 6.15. The van der Waals surface area contributed by atoms with Crippen LogP contribution >= 0.6 is 0 Å². The van der Waals surface area contributed by atoms with Gasteiger partial charge in [0.2, 0.25) is 0 Å². The second kappa shape index (κ2) is 3.74. The molecule has 82 valence electrons. The minimum absolute atomic E-state index is 0.250. The van der Waals surface area contributed by atoms with E-state index in [0.29, 0.717) is 0 Å². The van der Waals surface area contributed by atoms with Crippen molar-refractivity contribution in [2.45, 2.75) is 12.3 Å². The molecule has 1 N–H and O–H groups in total. The van der Waals surface area contributed by atoms with Crippen molar-refractivity contribution < 1.29 is 9.47 Å². The Labute approximate surface area is 90.4 Å². The van der Waals surface area contributed by atoms with Crippen LogP contribution in [0.3, 0.4) is 0 Å². The van der Waals surface area contributed by atoms with Crippen LogP contribution in [0.1, 0.15) is 12.5 Å². The summed E-state index contributed by atoms with van der Waals surface area (Å²) in [6.45, 7) is 4.32. The number of ether oxygens (including phenoxy) is 2. The first-order valence-electron chi connectivity index (χ1n) is 5.13. The summed E-state index contributed by atoms with van der Waals surface area (Å²) >= 11 is 0. The van der Waals surface area contributed by atoms with E-state index in [0.717, 1.165) is 24.6 Å². The van der Waals surface area contributed by atoms with E-state index in [1.807, 2.05) is 6.07 Å². The number of methoxy groups -OCH3 is 2. The van der Waals surface area contributed by atoms with Gasteiger partial charge < -0.3 is 14.8 Å². The van der Waals surface area contributed by atoms with Gasteiger partial charge in [0, 0.05) is 18.5 Å². The van der Waals surface area contributed by atoms with Gasteiger partial charge in [-0.1, -0.05) is 13.0 Å². The summed E-state index contributed by atoms with van der Waals surface area (Å²) in [5, 5.41) is 3.29. The molecule has 3 nitrogen and oxygen atoms in total. The molecule has 0 amide bonds. The van der Waals surface area contributed by atoms with Crippen molar-refractivity contribution in [3.05, 3.63) is 23.8 Å². The molecule has 0 atom stereocenters. The number of hydrogen-bond acceptors (Lipinski definition) is 3. The summed E-state index contributed by atoms with van der Waals surface area (Å²) in [5.74, 6) is 1.60. The number of rotatable bonds is 3. The minimum Gasteiger partial charge on any atom is -0.493 e. The standard InChI is InChI=1S/C12H17NO2/c1-12(7-13-8-12)9-4-5-10(14-2)11(6-9)15-3/h4-6,13H,7-8H2,1-3H3. The summed E-state index contributed by atoms with van der Waals surface area (Å²) < 4.78 is 10.5. The molecule has 0 spiro atoms. The first-order chi connectivity index (χ1) is 7.19. The topological polar surface area (TPSA) is 30.5 Å². The highest BCUT2D eigenvalue weighted by molar-refractivity contribution is 5.46. The Balaban J connectivity index is 2.34. The van der Waals surface area contributed by atoms with Crippen LogP contribution in [-0.2, 0) is 5.41 Å². The maximum Gasteiger partial charge on any atom is 0.161 e. The lowest BCUT2D eigenvalue weighted by Gasteiger charge is -2.40. The summed E-state index contributed by atoms with van der Waals surface area (Å²) in [4.78, 5) is 0. The largest absolute Gasteiger partial charge is 0.493 e. The third kappa shape index (κ3) is 1.67. The fourth-order valence-corrected chi connectivity index (χ4v) is 1.92. The Kier molecular flexibility index (Phi) is 2.57. The molecule has 1 heterocycles. The lowest BCUT2D eigenvalue weighted by atomic mass is 9.77. The molecule has 0 saturated carbocycles. The Hall–Kier alpha value is -1.22. The average molecular weight is 207 g/mol. The van der Waals surface area contributed by atoms with Crippen LogP contribution in [0.15, 0.2) is 18.2 Å². The molecule has 0 unspecified atom stereocenters.